The molecule has 1 fully saturated rings. The Balaban J connectivity index is 1.77. The normalized spacial score (nSPS) is 15.8. The Morgan fingerprint density at radius 3 is 2.50 bits per heavy atom. The smallest absolute Gasteiger partial charge is 0.234 e. The van der Waals surface area contributed by atoms with Crippen molar-refractivity contribution in [2.24, 2.45) is 0 Å². The minimum Gasteiger partial charge on any atom is -0.497 e. The number of carbonyl (C=O) groups excluding carboxylic acids is 1. The molecule has 4 nitrogen and oxygen atoms in total. The van der Waals surface area contributed by atoms with E-state index in [-0.39, 0.29) is 5.91 Å². The molecule has 1 aromatic rings. The topological polar surface area (TPSA) is 41.6 Å². The van der Waals surface area contributed by atoms with Crippen LogP contribution in [0.2, 0.25) is 0 Å². The monoisotopic (exact) mass is 304 g/mol. The van der Waals surface area contributed by atoms with E-state index in [1.165, 1.54) is 32.1 Å². The molecule has 0 aromatic heterocycles. The number of rotatable bonds is 7. The summed E-state index contributed by atoms with van der Waals surface area (Å²) in [5.74, 6) is 0.952. The molecule has 0 spiro atoms. The zero-order chi connectivity index (χ0) is 15.8. The van der Waals surface area contributed by atoms with Gasteiger partial charge in [0.2, 0.25) is 5.91 Å². The summed E-state index contributed by atoms with van der Waals surface area (Å²) in [5.41, 5.74) is 1.09. The Labute approximate surface area is 133 Å². The summed E-state index contributed by atoms with van der Waals surface area (Å²) >= 11 is 0. The van der Waals surface area contributed by atoms with Gasteiger partial charge in [0.05, 0.1) is 13.7 Å². The van der Waals surface area contributed by atoms with Gasteiger partial charge in [-0.3, -0.25) is 9.69 Å². The molecule has 0 saturated heterocycles. The second-order valence-electron chi connectivity index (χ2n) is 5.98. The summed E-state index contributed by atoms with van der Waals surface area (Å²) in [6.45, 7) is 4.17. The molecule has 0 aliphatic heterocycles. The predicted molar refractivity (Wildman–Crippen MR) is 89.0 cm³/mol. The molecule has 4 heteroatoms. The van der Waals surface area contributed by atoms with Gasteiger partial charge >= 0.3 is 0 Å². The van der Waals surface area contributed by atoms with Crippen LogP contribution in [0.25, 0.3) is 0 Å². The summed E-state index contributed by atoms with van der Waals surface area (Å²) in [5, 5.41) is 3.02. The van der Waals surface area contributed by atoms with Gasteiger partial charge in [-0.2, -0.15) is 0 Å². The van der Waals surface area contributed by atoms with E-state index in [1.807, 2.05) is 24.3 Å². The van der Waals surface area contributed by atoms with Crippen LogP contribution in [0.15, 0.2) is 24.3 Å². The minimum absolute atomic E-state index is 0.114. The highest BCUT2D eigenvalue weighted by molar-refractivity contribution is 5.78. The molecule has 0 atom stereocenters. The molecule has 1 aliphatic rings. The molecule has 0 unspecified atom stereocenters. The van der Waals surface area contributed by atoms with E-state index < -0.39 is 0 Å². The first-order valence-corrected chi connectivity index (χ1v) is 8.36. The van der Waals surface area contributed by atoms with E-state index in [0.717, 1.165) is 17.9 Å². The third kappa shape index (κ3) is 5.02. The van der Waals surface area contributed by atoms with Crippen molar-refractivity contribution in [1.29, 1.82) is 0 Å². The van der Waals surface area contributed by atoms with Crippen LogP contribution in [0.4, 0.5) is 0 Å². The van der Waals surface area contributed by atoms with Crippen LogP contribution < -0.4 is 10.1 Å². The van der Waals surface area contributed by atoms with E-state index in [0.29, 0.717) is 19.1 Å². The number of benzene rings is 1. The fourth-order valence-electron chi connectivity index (χ4n) is 3.13. The maximum atomic E-state index is 12.2. The Morgan fingerprint density at radius 1 is 1.23 bits per heavy atom. The summed E-state index contributed by atoms with van der Waals surface area (Å²) < 4.78 is 5.14. The van der Waals surface area contributed by atoms with Gasteiger partial charge in [-0.25, -0.2) is 0 Å². The lowest BCUT2D eigenvalue weighted by Gasteiger charge is -2.32. The van der Waals surface area contributed by atoms with E-state index in [9.17, 15) is 4.79 Å². The van der Waals surface area contributed by atoms with Crippen LogP contribution >= 0.6 is 0 Å². The average Bonchev–Trinajstić information content (AvgIpc) is 2.59. The zero-order valence-corrected chi connectivity index (χ0v) is 13.8. The predicted octanol–water partition coefficient (Wildman–Crippen LogP) is 2.97. The summed E-state index contributed by atoms with van der Waals surface area (Å²) in [4.78, 5) is 14.5. The van der Waals surface area contributed by atoms with Gasteiger partial charge in [0.25, 0.3) is 0 Å². The number of nitrogens with zero attached hydrogens (tertiary/aromatic N) is 1. The number of nitrogens with one attached hydrogen (secondary N) is 1. The Kier molecular flexibility index (Phi) is 6.72. The highest BCUT2D eigenvalue weighted by Crippen LogP contribution is 2.22. The fraction of sp³-hybridized carbons (Fsp3) is 0.611. The van der Waals surface area contributed by atoms with Crippen molar-refractivity contribution < 1.29 is 9.53 Å². The lowest BCUT2D eigenvalue weighted by Crippen LogP contribution is -2.43. The SMILES string of the molecule is CCN(CC(=O)NCc1ccc(OC)cc1)C1CCCCC1. The van der Waals surface area contributed by atoms with Crippen molar-refractivity contribution in [2.75, 3.05) is 20.2 Å². The van der Waals surface area contributed by atoms with E-state index in [2.05, 4.69) is 17.1 Å². The van der Waals surface area contributed by atoms with Crippen molar-refractivity contribution >= 4 is 5.91 Å². The van der Waals surface area contributed by atoms with Crippen molar-refractivity contribution in [3.05, 3.63) is 29.8 Å². The molecule has 1 aromatic carbocycles. The first-order chi connectivity index (χ1) is 10.7. The Hall–Kier alpha value is -1.55. The number of ether oxygens (including phenoxy) is 1. The van der Waals surface area contributed by atoms with E-state index >= 15 is 0 Å². The molecular weight excluding hydrogens is 276 g/mol. The van der Waals surface area contributed by atoms with Crippen LogP contribution in [0.5, 0.6) is 5.75 Å². The van der Waals surface area contributed by atoms with Gasteiger partial charge in [0.15, 0.2) is 0 Å². The molecule has 2 rings (SSSR count). The van der Waals surface area contributed by atoms with Gasteiger partial charge in [-0.15, -0.1) is 0 Å². The molecule has 1 aliphatic carbocycles. The molecule has 0 radical (unpaired) electrons. The number of amides is 1. The largest absolute Gasteiger partial charge is 0.497 e. The number of likely N-dealkylation sites (N-methyl/N-ethyl adjacent to an activating group) is 1. The minimum atomic E-state index is 0.114. The van der Waals surface area contributed by atoms with Gasteiger partial charge in [-0.05, 0) is 37.1 Å². The Bertz CT molecular complexity index is 453. The van der Waals surface area contributed by atoms with Gasteiger partial charge in [-0.1, -0.05) is 38.3 Å². The number of hydrogen-bond donors (Lipinski definition) is 1. The Morgan fingerprint density at radius 2 is 1.91 bits per heavy atom. The van der Waals surface area contributed by atoms with Gasteiger partial charge < -0.3 is 10.1 Å². The molecule has 0 heterocycles. The second kappa shape index (κ2) is 8.79. The summed E-state index contributed by atoms with van der Waals surface area (Å²) in [6.07, 6.45) is 6.42. The number of carbonyl (C=O) groups is 1. The third-order valence-corrected chi connectivity index (χ3v) is 4.49. The van der Waals surface area contributed by atoms with Crippen LogP contribution in [-0.2, 0) is 11.3 Å². The molecular formula is C18H28N2O2. The highest BCUT2D eigenvalue weighted by Gasteiger charge is 2.21. The van der Waals surface area contributed by atoms with E-state index in [1.54, 1.807) is 7.11 Å². The molecule has 1 saturated carbocycles. The third-order valence-electron chi connectivity index (χ3n) is 4.49. The van der Waals surface area contributed by atoms with Crippen molar-refractivity contribution in [3.8, 4) is 5.75 Å². The molecule has 0 bridgehead atoms. The quantitative estimate of drug-likeness (QED) is 0.842. The lowest BCUT2D eigenvalue weighted by molar-refractivity contribution is -0.123. The van der Waals surface area contributed by atoms with Gasteiger partial charge in [0, 0.05) is 12.6 Å². The maximum Gasteiger partial charge on any atom is 0.234 e. The fourth-order valence-corrected chi connectivity index (χ4v) is 3.13. The summed E-state index contributed by atoms with van der Waals surface area (Å²) in [6, 6.07) is 8.39. The standard InChI is InChI=1S/C18H28N2O2/c1-3-20(16-7-5-4-6-8-16)14-18(21)19-13-15-9-11-17(22-2)12-10-15/h9-12,16H,3-8,13-14H2,1-2H3,(H,19,21). The van der Waals surface area contributed by atoms with E-state index in [4.69, 9.17) is 4.74 Å². The van der Waals surface area contributed by atoms with Crippen LogP contribution in [0.3, 0.4) is 0 Å². The summed E-state index contributed by atoms with van der Waals surface area (Å²) in [7, 11) is 1.65. The molecule has 1 amide bonds. The lowest BCUT2D eigenvalue weighted by atomic mass is 9.94. The zero-order valence-electron chi connectivity index (χ0n) is 13.8. The number of methoxy groups -OCH3 is 1. The van der Waals surface area contributed by atoms with Crippen molar-refractivity contribution in [1.82, 2.24) is 10.2 Å². The van der Waals surface area contributed by atoms with Crippen LogP contribution in [-0.4, -0.2) is 37.0 Å². The average molecular weight is 304 g/mol. The molecule has 22 heavy (non-hydrogen) atoms. The highest BCUT2D eigenvalue weighted by atomic mass is 16.5. The van der Waals surface area contributed by atoms with Crippen molar-refractivity contribution in [2.45, 2.75) is 51.6 Å². The molecule has 1 N–H and O–H groups in total. The first kappa shape index (κ1) is 16.8. The van der Waals surface area contributed by atoms with Crippen LogP contribution in [0, 0.1) is 0 Å². The van der Waals surface area contributed by atoms with Crippen LogP contribution in [0.1, 0.15) is 44.6 Å². The first-order valence-electron chi connectivity index (χ1n) is 8.36. The molecule has 122 valence electrons. The second-order valence-corrected chi connectivity index (χ2v) is 5.98. The van der Waals surface area contributed by atoms with Gasteiger partial charge in [0.1, 0.15) is 5.75 Å². The maximum absolute atomic E-state index is 12.2. The van der Waals surface area contributed by atoms with Crippen molar-refractivity contribution in [3.63, 3.8) is 0 Å². The number of hydrogen-bond acceptors (Lipinski definition) is 3.